The van der Waals surface area contributed by atoms with E-state index in [4.69, 9.17) is 5.73 Å². The largest absolute Gasteiger partial charge is 0.329 e. The van der Waals surface area contributed by atoms with Crippen molar-refractivity contribution in [1.29, 1.82) is 0 Å². The van der Waals surface area contributed by atoms with E-state index in [2.05, 4.69) is 24.4 Å². The Bertz CT molecular complexity index is 254. The molecule has 0 amide bonds. The van der Waals surface area contributed by atoms with Crippen LogP contribution in [0.5, 0.6) is 0 Å². The molecule has 2 aliphatic rings. The number of nitrogens with one attached hydrogen (secondary N) is 1. The maximum atomic E-state index is 6.09. The van der Waals surface area contributed by atoms with Crippen LogP contribution in [0.15, 0.2) is 12.2 Å². The van der Waals surface area contributed by atoms with Gasteiger partial charge in [-0.05, 0) is 38.0 Å². The highest BCUT2D eigenvalue weighted by Gasteiger charge is 2.33. The predicted octanol–water partition coefficient (Wildman–Crippen LogP) is 2.98. The fraction of sp³-hybridized carbons (Fsp3) is 0.867. The molecule has 2 heteroatoms. The Kier molecular flexibility index (Phi) is 4.63. The molecule has 0 spiro atoms. The molecule has 98 valence electrons. The monoisotopic (exact) mass is 236 g/mol. The van der Waals surface area contributed by atoms with Crippen molar-refractivity contribution in [3.63, 3.8) is 0 Å². The van der Waals surface area contributed by atoms with Gasteiger partial charge in [-0.2, -0.15) is 0 Å². The molecule has 3 N–H and O–H groups in total. The van der Waals surface area contributed by atoms with Crippen molar-refractivity contribution in [1.82, 2.24) is 5.32 Å². The number of hydrogen-bond acceptors (Lipinski definition) is 2. The fourth-order valence-corrected chi connectivity index (χ4v) is 3.46. The Hall–Kier alpha value is -0.340. The normalized spacial score (nSPS) is 35.1. The number of hydrogen-bond donors (Lipinski definition) is 2. The summed E-state index contributed by atoms with van der Waals surface area (Å²) in [4.78, 5) is 0. The minimum absolute atomic E-state index is 0.237. The number of nitrogens with two attached hydrogens (primary N) is 1. The molecule has 0 saturated heterocycles. The molecule has 0 aromatic heterocycles. The van der Waals surface area contributed by atoms with Gasteiger partial charge in [0.15, 0.2) is 0 Å². The van der Waals surface area contributed by atoms with Gasteiger partial charge in [0.1, 0.15) is 0 Å². The van der Waals surface area contributed by atoms with Crippen LogP contribution < -0.4 is 11.1 Å². The highest BCUT2D eigenvalue weighted by Crippen LogP contribution is 2.32. The minimum Gasteiger partial charge on any atom is -0.329 e. The van der Waals surface area contributed by atoms with Crippen LogP contribution in [0.2, 0.25) is 0 Å². The van der Waals surface area contributed by atoms with Gasteiger partial charge in [0, 0.05) is 18.1 Å². The number of rotatable bonds is 4. The van der Waals surface area contributed by atoms with E-state index in [-0.39, 0.29) is 5.54 Å². The Balaban J connectivity index is 1.93. The SMILES string of the molecule is CCC1CCCC(CN)(NC2CC=CC2)CC1. The molecule has 0 aromatic rings. The van der Waals surface area contributed by atoms with Crippen molar-refractivity contribution in [3.8, 4) is 0 Å². The summed E-state index contributed by atoms with van der Waals surface area (Å²) >= 11 is 0. The summed E-state index contributed by atoms with van der Waals surface area (Å²) in [5.74, 6) is 0.937. The van der Waals surface area contributed by atoms with Crippen molar-refractivity contribution < 1.29 is 0 Å². The van der Waals surface area contributed by atoms with E-state index in [1.807, 2.05) is 0 Å². The molecule has 2 nitrogen and oxygen atoms in total. The van der Waals surface area contributed by atoms with Gasteiger partial charge in [0.25, 0.3) is 0 Å². The zero-order valence-corrected chi connectivity index (χ0v) is 11.3. The lowest BCUT2D eigenvalue weighted by atomic mass is 9.88. The standard InChI is InChI=1S/C15H28N2/c1-2-13-6-5-10-15(12-16,11-9-13)17-14-7-3-4-8-14/h3-4,13-14,17H,2,5-12,16H2,1H3. The third-order valence-corrected chi connectivity index (χ3v) is 4.79. The predicted molar refractivity (Wildman–Crippen MR) is 73.9 cm³/mol. The lowest BCUT2D eigenvalue weighted by molar-refractivity contribution is 0.257. The van der Waals surface area contributed by atoms with Gasteiger partial charge in [-0.3, -0.25) is 0 Å². The van der Waals surface area contributed by atoms with Crippen LogP contribution in [0.25, 0.3) is 0 Å². The van der Waals surface area contributed by atoms with Gasteiger partial charge < -0.3 is 11.1 Å². The lowest BCUT2D eigenvalue weighted by Crippen LogP contribution is -2.54. The Morgan fingerprint density at radius 3 is 2.65 bits per heavy atom. The summed E-state index contributed by atoms with van der Waals surface area (Å²) in [6.45, 7) is 3.13. The minimum atomic E-state index is 0.237. The second-order valence-corrected chi connectivity index (χ2v) is 5.97. The first-order valence-corrected chi connectivity index (χ1v) is 7.41. The zero-order chi connectivity index (χ0) is 12.1. The van der Waals surface area contributed by atoms with E-state index < -0.39 is 0 Å². The van der Waals surface area contributed by atoms with Crippen LogP contribution in [0.4, 0.5) is 0 Å². The fourth-order valence-electron chi connectivity index (χ4n) is 3.46. The van der Waals surface area contributed by atoms with Crippen molar-refractivity contribution >= 4 is 0 Å². The molecule has 17 heavy (non-hydrogen) atoms. The molecule has 1 saturated carbocycles. The van der Waals surface area contributed by atoms with Crippen molar-refractivity contribution in [2.75, 3.05) is 6.54 Å². The average molecular weight is 236 g/mol. The third-order valence-electron chi connectivity index (χ3n) is 4.79. The summed E-state index contributed by atoms with van der Waals surface area (Å²) < 4.78 is 0. The van der Waals surface area contributed by atoms with E-state index in [1.165, 1.54) is 51.4 Å². The van der Waals surface area contributed by atoms with Gasteiger partial charge in [0.05, 0.1) is 0 Å². The summed E-state index contributed by atoms with van der Waals surface area (Å²) in [5, 5.41) is 3.88. The first-order valence-electron chi connectivity index (χ1n) is 7.41. The van der Waals surface area contributed by atoms with Crippen LogP contribution in [-0.4, -0.2) is 18.1 Å². The smallest absolute Gasteiger partial charge is 0.0306 e. The van der Waals surface area contributed by atoms with Gasteiger partial charge in [-0.15, -0.1) is 0 Å². The molecule has 2 aliphatic carbocycles. The Morgan fingerprint density at radius 2 is 2.00 bits per heavy atom. The summed E-state index contributed by atoms with van der Waals surface area (Å²) in [6, 6.07) is 0.650. The second kappa shape index (κ2) is 6.01. The van der Waals surface area contributed by atoms with Crippen LogP contribution in [0.3, 0.4) is 0 Å². The van der Waals surface area contributed by atoms with Gasteiger partial charge in [0.2, 0.25) is 0 Å². The van der Waals surface area contributed by atoms with Gasteiger partial charge in [-0.25, -0.2) is 0 Å². The first kappa shape index (κ1) is 13.1. The van der Waals surface area contributed by atoms with E-state index in [0.29, 0.717) is 6.04 Å². The molecule has 0 aliphatic heterocycles. The average Bonchev–Trinajstić information content (AvgIpc) is 2.76. The van der Waals surface area contributed by atoms with Crippen LogP contribution >= 0.6 is 0 Å². The molecule has 0 bridgehead atoms. The van der Waals surface area contributed by atoms with Crippen molar-refractivity contribution in [2.45, 2.75) is 69.9 Å². The van der Waals surface area contributed by atoms with Crippen LogP contribution in [-0.2, 0) is 0 Å². The van der Waals surface area contributed by atoms with Crippen molar-refractivity contribution in [2.24, 2.45) is 11.7 Å². The molecule has 0 aromatic carbocycles. The van der Waals surface area contributed by atoms with E-state index in [0.717, 1.165) is 12.5 Å². The summed E-state index contributed by atoms with van der Waals surface area (Å²) in [6.07, 6.45) is 15.0. The Labute approximate surface area is 106 Å². The molecular formula is C15H28N2. The van der Waals surface area contributed by atoms with Gasteiger partial charge >= 0.3 is 0 Å². The quantitative estimate of drug-likeness (QED) is 0.582. The van der Waals surface area contributed by atoms with Gasteiger partial charge in [-0.1, -0.05) is 38.3 Å². The highest BCUT2D eigenvalue weighted by atomic mass is 15.0. The van der Waals surface area contributed by atoms with E-state index in [9.17, 15) is 0 Å². The van der Waals surface area contributed by atoms with Crippen LogP contribution in [0.1, 0.15) is 58.3 Å². The maximum Gasteiger partial charge on any atom is 0.0306 e. The molecule has 2 atom stereocenters. The lowest BCUT2D eigenvalue weighted by Gasteiger charge is -2.36. The second-order valence-electron chi connectivity index (χ2n) is 5.97. The molecule has 0 radical (unpaired) electrons. The molecule has 1 fully saturated rings. The van der Waals surface area contributed by atoms with E-state index in [1.54, 1.807) is 0 Å². The third kappa shape index (κ3) is 3.32. The summed E-state index contributed by atoms with van der Waals surface area (Å²) in [5.41, 5.74) is 6.33. The summed E-state index contributed by atoms with van der Waals surface area (Å²) in [7, 11) is 0. The first-order chi connectivity index (χ1) is 8.28. The maximum absolute atomic E-state index is 6.09. The molecule has 0 heterocycles. The highest BCUT2D eigenvalue weighted by molar-refractivity contribution is 5.02. The van der Waals surface area contributed by atoms with E-state index >= 15 is 0 Å². The Morgan fingerprint density at radius 1 is 1.24 bits per heavy atom. The topological polar surface area (TPSA) is 38.0 Å². The zero-order valence-electron chi connectivity index (χ0n) is 11.3. The molecule has 2 rings (SSSR count). The molecule has 2 unspecified atom stereocenters. The van der Waals surface area contributed by atoms with Crippen LogP contribution in [0, 0.1) is 5.92 Å². The van der Waals surface area contributed by atoms with Crippen molar-refractivity contribution in [3.05, 3.63) is 12.2 Å². The molecular weight excluding hydrogens is 208 g/mol.